The first-order valence-electron chi connectivity index (χ1n) is 8.39. The average Bonchev–Trinajstić information content (AvgIpc) is 2.64. The number of amides is 2. The number of carbonyl (C=O) groups is 2. The average molecular weight is 367 g/mol. The molecule has 0 radical (unpaired) electrons. The van der Waals surface area contributed by atoms with Crippen molar-refractivity contribution in [2.45, 2.75) is 6.42 Å². The Morgan fingerprint density at radius 2 is 1.81 bits per heavy atom. The van der Waals surface area contributed by atoms with Crippen LogP contribution in [0.3, 0.4) is 0 Å². The van der Waals surface area contributed by atoms with Crippen LogP contribution >= 0.6 is 0 Å². The van der Waals surface area contributed by atoms with Crippen LogP contribution in [0, 0.1) is 0 Å². The molecule has 0 spiro atoms. The largest absolute Gasteiger partial charge is 0.496 e. The predicted octanol–water partition coefficient (Wildman–Crippen LogP) is 1.25. The number of carbonyl (C=O) groups excluding carboxylic acids is 1. The van der Waals surface area contributed by atoms with Gasteiger partial charge in [-0.1, -0.05) is 0 Å². The van der Waals surface area contributed by atoms with E-state index >= 15 is 0 Å². The second-order valence-electron chi connectivity index (χ2n) is 5.75. The first-order chi connectivity index (χ1) is 12.5. The Balaban J connectivity index is 1.98. The number of morpholine rings is 1. The van der Waals surface area contributed by atoms with Gasteiger partial charge in [0.2, 0.25) is 0 Å². The molecule has 144 valence electrons. The van der Waals surface area contributed by atoms with Crippen molar-refractivity contribution in [3.8, 4) is 11.5 Å². The first-order valence-corrected chi connectivity index (χ1v) is 8.39. The van der Waals surface area contributed by atoms with Gasteiger partial charge in [0.1, 0.15) is 17.1 Å². The molecule has 1 aromatic rings. The number of nitrogens with one attached hydrogen (secondary N) is 2. The summed E-state index contributed by atoms with van der Waals surface area (Å²) in [7, 11) is 2.82. The first kappa shape index (κ1) is 19.8. The molecule has 1 heterocycles. The molecular weight excluding hydrogens is 342 g/mol. The number of rotatable bonds is 8. The molecule has 1 aliphatic rings. The van der Waals surface area contributed by atoms with Gasteiger partial charge in [-0.15, -0.1) is 0 Å². The molecular formula is C17H25N3O6. The third-order valence-electron chi connectivity index (χ3n) is 4.02. The Labute approximate surface area is 152 Å². The Kier molecular flexibility index (Phi) is 7.49. The van der Waals surface area contributed by atoms with E-state index < -0.39 is 6.09 Å². The number of ether oxygens (including phenoxy) is 3. The highest BCUT2D eigenvalue weighted by Gasteiger charge is 2.20. The lowest BCUT2D eigenvalue weighted by molar-refractivity contribution is 0.0374. The van der Waals surface area contributed by atoms with Crippen molar-refractivity contribution in [1.29, 1.82) is 0 Å². The molecule has 26 heavy (non-hydrogen) atoms. The van der Waals surface area contributed by atoms with Gasteiger partial charge in [0.05, 0.1) is 33.1 Å². The second kappa shape index (κ2) is 9.83. The van der Waals surface area contributed by atoms with Gasteiger partial charge in [-0.3, -0.25) is 15.0 Å². The molecule has 2 amide bonds. The number of carboxylic acid groups (broad SMARTS) is 1. The minimum atomic E-state index is -1.21. The maximum atomic E-state index is 12.5. The van der Waals surface area contributed by atoms with Gasteiger partial charge in [-0.05, 0) is 13.0 Å². The lowest BCUT2D eigenvalue weighted by Gasteiger charge is -2.26. The van der Waals surface area contributed by atoms with Gasteiger partial charge in [-0.2, -0.15) is 0 Å². The van der Waals surface area contributed by atoms with E-state index in [0.29, 0.717) is 6.54 Å². The normalized spacial score (nSPS) is 14.5. The van der Waals surface area contributed by atoms with Crippen LogP contribution < -0.4 is 20.1 Å². The monoisotopic (exact) mass is 367 g/mol. The molecule has 1 aliphatic heterocycles. The minimum absolute atomic E-state index is 0.234. The van der Waals surface area contributed by atoms with Crippen molar-refractivity contribution in [2.24, 2.45) is 0 Å². The molecule has 2 rings (SSSR count). The molecule has 1 fully saturated rings. The molecule has 9 nitrogen and oxygen atoms in total. The smallest absolute Gasteiger partial charge is 0.409 e. The van der Waals surface area contributed by atoms with Crippen molar-refractivity contribution >= 4 is 17.7 Å². The fourth-order valence-electron chi connectivity index (χ4n) is 2.75. The predicted molar refractivity (Wildman–Crippen MR) is 95.4 cm³/mol. The molecule has 0 bridgehead atoms. The summed E-state index contributed by atoms with van der Waals surface area (Å²) in [6, 6.07) is 2.89. The Morgan fingerprint density at radius 3 is 2.35 bits per heavy atom. The summed E-state index contributed by atoms with van der Waals surface area (Å²) < 4.78 is 15.8. The molecule has 0 aliphatic carbocycles. The summed E-state index contributed by atoms with van der Waals surface area (Å²) in [5.74, 6) is 0.139. The summed E-state index contributed by atoms with van der Waals surface area (Å²) in [6.45, 7) is 4.72. The van der Waals surface area contributed by atoms with E-state index in [1.54, 1.807) is 0 Å². The van der Waals surface area contributed by atoms with Gasteiger partial charge in [0.15, 0.2) is 0 Å². The summed E-state index contributed by atoms with van der Waals surface area (Å²) in [6.07, 6.45) is -0.399. The lowest BCUT2D eigenvalue weighted by atomic mass is 10.1. The van der Waals surface area contributed by atoms with Crippen molar-refractivity contribution in [3.05, 3.63) is 17.7 Å². The Hall–Kier alpha value is -2.52. The topological polar surface area (TPSA) is 109 Å². The highest BCUT2D eigenvalue weighted by molar-refractivity contribution is 6.01. The Bertz CT molecular complexity index is 606. The summed E-state index contributed by atoms with van der Waals surface area (Å²) in [4.78, 5) is 25.6. The van der Waals surface area contributed by atoms with E-state index in [2.05, 4.69) is 15.5 Å². The van der Waals surface area contributed by atoms with E-state index in [-0.39, 0.29) is 28.7 Å². The number of hydrogen-bond acceptors (Lipinski definition) is 6. The van der Waals surface area contributed by atoms with Gasteiger partial charge < -0.3 is 24.6 Å². The van der Waals surface area contributed by atoms with E-state index in [4.69, 9.17) is 19.3 Å². The number of anilines is 1. The third kappa shape index (κ3) is 5.50. The summed E-state index contributed by atoms with van der Waals surface area (Å²) in [5, 5.41) is 13.9. The number of benzene rings is 1. The maximum absolute atomic E-state index is 12.5. The van der Waals surface area contributed by atoms with Gasteiger partial charge in [-0.25, -0.2) is 4.79 Å². The van der Waals surface area contributed by atoms with Crippen molar-refractivity contribution < 1.29 is 28.9 Å². The fraction of sp³-hybridized carbons (Fsp3) is 0.529. The standard InChI is InChI=1S/C17H25N3O6/c1-24-13-10-12(19-17(22)23)11-14(25-2)15(13)16(21)18-4-3-5-20-6-8-26-9-7-20/h10-11,19H,3-9H2,1-2H3,(H,18,21)(H,22,23). The molecule has 0 atom stereocenters. The molecule has 9 heteroatoms. The highest BCUT2D eigenvalue weighted by atomic mass is 16.5. The van der Waals surface area contributed by atoms with Crippen molar-refractivity contribution in [3.63, 3.8) is 0 Å². The Morgan fingerprint density at radius 1 is 1.19 bits per heavy atom. The van der Waals surface area contributed by atoms with Crippen LogP contribution in [0.4, 0.5) is 10.5 Å². The van der Waals surface area contributed by atoms with Crippen LogP contribution in [0.1, 0.15) is 16.8 Å². The lowest BCUT2D eigenvalue weighted by Crippen LogP contribution is -2.38. The van der Waals surface area contributed by atoms with Gasteiger partial charge >= 0.3 is 6.09 Å². The summed E-state index contributed by atoms with van der Waals surface area (Å²) >= 11 is 0. The zero-order valence-corrected chi connectivity index (χ0v) is 15.0. The quantitative estimate of drug-likeness (QED) is 0.593. The number of methoxy groups -OCH3 is 2. The van der Waals surface area contributed by atoms with Gasteiger partial charge in [0, 0.05) is 31.8 Å². The van der Waals surface area contributed by atoms with E-state index in [9.17, 15) is 9.59 Å². The zero-order valence-electron chi connectivity index (χ0n) is 15.0. The fourth-order valence-corrected chi connectivity index (χ4v) is 2.75. The molecule has 0 saturated carbocycles. The maximum Gasteiger partial charge on any atom is 0.409 e. The molecule has 1 aromatic carbocycles. The molecule has 0 aromatic heterocycles. The van der Waals surface area contributed by atoms with E-state index in [1.165, 1.54) is 26.4 Å². The van der Waals surface area contributed by atoms with Crippen LogP contribution in [0.2, 0.25) is 0 Å². The zero-order chi connectivity index (χ0) is 18.9. The van der Waals surface area contributed by atoms with Crippen molar-refractivity contribution in [1.82, 2.24) is 10.2 Å². The molecule has 3 N–H and O–H groups in total. The second-order valence-corrected chi connectivity index (χ2v) is 5.75. The van der Waals surface area contributed by atoms with Crippen LogP contribution in [0.25, 0.3) is 0 Å². The molecule has 1 saturated heterocycles. The van der Waals surface area contributed by atoms with Crippen LogP contribution in [-0.2, 0) is 4.74 Å². The van der Waals surface area contributed by atoms with Crippen molar-refractivity contribution in [2.75, 3.05) is 58.9 Å². The van der Waals surface area contributed by atoms with E-state index in [0.717, 1.165) is 39.3 Å². The SMILES string of the molecule is COc1cc(NC(=O)O)cc(OC)c1C(=O)NCCCN1CCOCC1. The highest BCUT2D eigenvalue weighted by Crippen LogP contribution is 2.32. The van der Waals surface area contributed by atoms with Crippen LogP contribution in [0.5, 0.6) is 11.5 Å². The number of nitrogens with zero attached hydrogens (tertiary/aromatic N) is 1. The summed E-state index contributed by atoms with van der Waals surface area (Å²) in [5.41, 5.74) is 0.493. The van der Waals surface area contributed by atoms with Crippen LogP contribution in [0.15, 0.2) is 12.1 Å². The number of hydrogen-bond donors (Lipinski definition) is 3. The molecule has 0 unspecified atom stereocenters. The van der Waals surface area contributed by atoms with Crippen LogP contribution in [-0.4, -0.2) is 75.6 Å². The third-order valence-corrected chi connectivity index (χ3v) is 4.02. The van der Waals surface area contributed by atoms with E-state index in [1.807, 2.05) is 0 Å². The minimum Gasteiger partial charge on any atom is -0.496 e. The van der Waals surface area contributed by atoms with Gasteiger partial charge in [0.25, 0.3) is 5.91 Å².